The maximum Gasteiger partial charge on any atom is 0.224 e. The highest BCUT2D eigenvalue weighted by molar-refractivity contribution is 5.90. The predicted molar refractivity (Wildman–Crippen MR) is 119 cm³/mol. The van der Waals surface area contributed by atoms with E-state index in [-0.39, 0.29) is 5.91 Å². The van der Waals surface area contributed by atoms with Crippen LogP contribution in [-0.4, -0.2) is 42.9 Å². The standard InChI is InChI=1S/C24H37N3O2/c1-2-3-4-9-23(28)25-21-11-13-22(14-12-21)26-16-18-27(19-17-26)24(29)15-10-20-7-5-6-8-20/h11-14,20H,2-10,15-19H2,1H3,(H,25,28). The van der Waals surface area contributed by atoms with Crippen molar-refractivity contribution in [2.75, 3.05) is 36.4 Å². The van der Waals surface area contributed by atoms with Gasteiger partial charge in [-0.1, -0.05) is 45.4 Å². The summed E-state index contributed by atoms with van der Waals surface area (Å²) in [5.41, 5.74) is 2.02. The van der Waals surface area contributed by atoms with Gasteiger partial charge in [0.15, 0.2) is 0 Å². The fraction of sp³-hybridized carbons (Fsp3) is 0.667. The van der Waals surface area contributed by atoms with Crippen LogP contribution in [0.4, 0.5) is 11.4 Å². The van der Waals surface area contributed by atoms with Crippen molar-refractivity contribution in [1.82, 2.24) is 4.90 Å². The van der Waals surface area contributed by atoms with E-state index in [2.05, 4.69) is 29.3 Å². The van der Waals surface area contributed by atoms with Gasteiger partial charge in [0.05, 0.1) is 0 Å². The minimum atomic E-state index is 0.0935. The van der Waals surface area contributed by atoms with Crippen LogP contribution in [0.2, 0.25) is 0 Å². The molecule has 29 heavy (non-hydrogen) atoms. The number of unbranched alkanes of at least 4 members (excludes halogenated alkanes) is 2. The van der Waals surface area contributed by atoms with Gasteiger partial charge >= 0.3 is 0 Å². The van der Waals surface area contributed by atoms with Gasteiger partial charge in [-0.2, -0.15) is 0 Å². The van der Waals surface area contributed by atoms with Crippen LogP contribution in [0, 0.1) is 5.92 Å². The maximum absolute atomic E-state index is 12.5. The van der Waals surface area contributed by atoms with Crippen molar-refractivity contribution >= 4 is 23.2 Å². The van der Waals surface area contributed by atoms with E-state index >= 15 is 0 Å². The lowest BCUT2D eigenvalue weighted by Gasteiger charge is -2.36. The van der Waals surface area contributed by atoms with Crippen LogP contribution < -0.4 is 10.2 Å². The normalized spacial score (nSPS) is 17.6. The van der Waals surface area contributed by atoms with E-state index in [9.17, 15) is 9.59 Å². The first-order valence-corrected chi connectivity index (χ1v) is 11.6. The number of nitrogens with zero attached hydrogens (tertiary/aromatic N) is 2. The lowest BCUT2D eigenvalue weighted by molar-refractivity contribution is -0.131. The average Bonchev–Trinajstić information content (AvgIpc) is 3.27. The molecule has 1 heterocycles. The number of piperazine rings is 1. The Labute approximate surface area is 175 Å². The highest BCUT2D eigenvalue weighted by atomic mass is 16.2. The number of anilines is 2. The smallest absolute Gasteiger partial charge is 0.224 e. The molecule has 0 radical (unpaired) electrons. The SMILES string of the molecule is CCCCCC(=O)Nc1ccc(N2CCN(C(=O)CCC3CCCC3)CC2)cc1. The van der Waals surface area contributed by atoms with E-state index in [1.54, 1.807) is 0 Å². The van der Waals surface area contributed by atoms with Gasteiger partial charge < -0.3 is 15.1 Å². The molecule has 160 valence electrons. The number of carbonyl (C=O) groups is 2. The largest absolute Gasteiger partial charge is 0.368 e. The van der Waals surface area contributed by atoms with Gasteiger partial charge in [-0.25, -0.2) is 0 Å². The third-order valence-electron chi connectivity index (χ3n) is 6.40. The number of amides is 2. The van der Waals surface area contributed by atoms with E-state index in [1.807, 2.05) is 17.0 Å². The summed E-state index contributed by atoms with van der Waals surface area (Å²) in [6.07, 6.45) is 10.9. The lowest BCUT2D eigenvalue weighted by Crippen LogP contribution is -2.48. The van der Waals surface area contributed by atoms with Crippen LogP contribution in [0.1, 0.15) is 71.1 Å². The maximum atomic E-state index is 12.5. The summed E-state index contributed by atoms with van der Waals surface area (Å²) in [5.74, 6) is 1.21. The van der Waals surface area contributed by atoms with Gasteiger partial charge in [0.25, 0.3) is 0 Å². The molecule has 1 N–H and O–H groups in total. The molecule has 0 aromatic heterocycles. The molecule has 2 fully saturated rings. The Morgan fingerprint density at radius 2 is 1.66 bits per heavy atom. The number of carbonyl (C=O) groups excluding carboxylic acids is 2. The zero-order chi connectivity index (χ0) is 20.5. The fourth-order valence-corrected chi connectivity index (χ4v) is 4.51. The molecule has 0 bridgehead atoms. The quantitative estimate of drug-likeness (QED) is 0.606. The first-order valence-electron chi connectivity index (χ1n) is 11.6. The number of nitrogens with one attached hydrogen (secondary N) is 1. The van der Waals surface area contributed by atoms with Gasteiger partial charge in [0, 0.05) is 50.4 Å². The van der Waals surface area contributed by atoms with Crippen molar-refractivity contribution < 1.29 is 9.59 Å². The van der Waals surface area contributed by atoms with Crippen molar-refractivity contribution in [3.63, 3.8) is 0 Å². The summed E-state index contributed by atoms with van der Waals surface area (Å²) in [5, 5.41) is 2.98. The minimum absolute atomic E-state index is 0.0935. The number of benzene rings is 1. The van der Waals surface area contributed by atoms with E-state index in [1.165, 1.54) is 25.7 Å². The Kier molecular flexibility index (Phi) is 8.38. The van der Waals surface area contributed by atoms with Crippen LogP contribution in [0.3, 0.4) is 0 Å². The molecule has 1 aromatic carbocycles. The number of rotatable bonds is 9. The third kappa shape index (κ3) is 6.76. The van der Waals surface area contributed by atoms with Gasteiger partial charge in [0.1, 0.15) is 0 Å². The molecule has 0 atom stereocenters. The minimum Gasteiger partial charge on any atom is -0.368 e. The topological polar surface area (TPSA) is 52.7 Å². The Morgan fingerprint density at radius 1 is 0.966 bits per heavy atom. The van der Waals surface area contributed by atoms with E-state index in [4.69, 9.17) is 0 Å². The molecule has 1 aliphatic carbocycles. The zero-order valence-corrected chi connectivity index (χ0v) is 18.0. The molecule has 5 heteroatoms. The molecule has 2 aliphatic rings. The van der Waals surface area contributed by atoms with Crippen molar-refractivity contribution in [2.24, 2.45) is 5.92 Å². The number of hydrogen-bond acceptors (Lipinski definition) is 3. The molecule has 5 nitrogen and oxygen atoms in total. The Morgan fingerprint density at radius 3 is 2.31 bits per heavy atom. The van der Waals surface area contributed by atoms with Crippen LogP contribution in [0.25, 0.3) is 0 Å². The van der Waals surface area contributed by atoms with Crippen molar-refractivity contribution in [3.05, 3.63) is 24.3 Å². The molecular formula is C24H37N3O2. The third-order valence-corrected chi connectivity index (χ3v) is 6.40. The van der Waals surface area contributed by atoms with E-state index < -0.39 is 0 Å². The molecule has 1 saturated heterocycles. The van der Waals surface area contributed by atoms with Crippen LogP contribution in [0.15, 0.2) is 24.3 Å². The predicted octanol–water partition coefficient (Wildman–Crippen LogP) is 4.82. The summed E-state index contributed by atoms with van der Waals surface area (Å²) in [7, 11) is 0. The molecule has 3 rings (SSSR count). The van der Waals surface area contributed by atoms with Crippen molar-refractivity contribution in [3.8, 4) is 0 Å². The highest BCUT2D eigenvalue weighted by Crippen LogP contribution is 2.29. The van der Waals surface area contributed by atoms with E-state index in [0.29, 0.717) is 12.3 Å². The Hall–Kier alpha value is -2.04. The first kappa shape index (κ1) is 21.7. The fourth-order valence-electron chi connectivity index (χ4n) is 4.51. The molecular weight excluding hydrogens is 362 g/mol. The Balaban J connectivity index is 1.39. The molecule has 1 aromatic rings. The van der Waals surface area contributed by atoms with Gasteiger partial charge in [-0.15, -0.1) is 0 Å². The van der Waals surface area contributed by atoms with Gasteiger partial charge in [-0.3, -0.25) is 9.59 Å². The van der Waals surface area contributed by atoms with Crippen molar-refractivity contribution in [1.29, 1.82) is 0 Å². The summed E-state index contributed by atoms with van der Waals surface area (Å²) >= 11 is 0. The lowest BCUT2D eigenvalue weighted by atomic mass is 10.0. The molecule has 1 saturated carbocycles. The van der Waals surface area contributed by atoms with Crippen molar-refractivity contribution in [2.45, 2.75) is 71.1 Å². The monoisotopic (exact) mass is 399 g/mol. The zero-order valence-electron chi connectivity index (χ0n) is 18.0. The van der Waals surface area contributed by atoms with E-state index in [0.717, 1.165) is 75.6 Å². The second kappa shape index (κ2) is 11.2. The molecule has 2 amide bonds. The molecule has 0 spiro atoms. The second-order valence-electron chi connectivity index (χ2n) is 8.61. The van der Waals surface area contributed by atoms with Crippen LogP contribution in [0.5, 0.6) is 0 Å². The van der Waals surface area contributed by atoms with Crippen LogP contribution in [-0.2, 0) is 9.59 Å². The van der Waals surface area contributed by atoms with Gasteiger partial charge in [-0.05, 0) is 43.0 Å². The molecule has 1 aliphatic heterocycles. The van der Waals surface area contributed by atoms with Gasteiger partial charge in [0.2, 0.25) is 11.8 Å². The van der Waals surface area contributed by atoms with Crippen LogP contribution >= 0.6 is 0 Å². The summed E-state index contributed by atoms with van der Waals surface area (Å²) in [6, 6.07) is 8.09. The summed E-state index contributed by atoms with van der Waals surface area (Å²) < 4.78 is 0. The molecule has 0 unspecified atom stereocenters. The highest BCUT2D eigenvalue weighted by Gasteiger charge is 2.23. The summed E-state index contributed by atoms with van der Waals surface area (Å²) in [4.78, 5) is 28.8. The summed E-state index contributed by atoms with van der Waals surface area (Å²) in [6.45, 7) is 5.50. The first-order chi connectivity index (χ1) is 14.2. The average molecular weight is 400 g/mol. The Bertz CT molecular complexity index is 645. The number of hydrogen-bond donors (Lipinski definition) is 1. The second-order valence-corrected chi connectivity index (χ2v) is 8.61.